The van der Waals surface area contributed by atoms with Gasteiger partial charge in [-0.3, -0.25) is 4.79 Å². The van der Waals surface area contributed by atoms with Crippen molar-refractivity contribution in [1.29, 1.82) is 0 Å². The van der Waals surface area contributed by atoms with Gasteiger partial charge in [0.15, 0.2) is 0 Å². The van der Waals surface area contributed by atoms with Gasteiger partial charge in [-0.25, -0.2) is 0 Å². The van der Waals surface area contributed by atoms with Crippen LogP contribution in [0.25, 0.3) is 0 Å². The van der Waals surface area contributed by atoms with Crippen molar-refractivity contribution in [1.82, 2.24) is 5.32 Å². The number of benzene rings is 1. The molecule has 1 rings (SSSR count). The standard InChI is InChI=1S/C13H18ClNO3/c1-10-3-4-11(9-12(10)14)13(17)15-5-2-7-18-8-6-16/h3-4,9,16H,2,5-8H2,1H3,(H,15,17). The van der Waals surface area contributed by atoms with E-state index in [1.807, 2.05) is 13.0 Å². The Balaban J connectivity index is 2.30. The lowest BCUT2D eigenvalue weighted by Gasteiger charge is -2.06. The number of nitrogens with one attached hydrogen (secondary N) is 1. The van der Waals surface area contributed by atoms with Crippen LogP contribution in [0.15, 0.2) is 18.2 Å². The number of rotatable bonds is 7. The highest BCUT2D eigenvalue weighted by Crippen LogP contribution is 2.16. The van der Waals surface area contributed by atoms with E-state index < -0.39 is 0 Å². The van der Waals surface area contributed by atoms with Gasteiger partial charge in [-0.05, 0) is 31.0 Å². The van der Waals surface area contributed by atoms with Crippen LogP contribution >= 0.6 is 11.6 Å². The Kier molecular flexibility index (Phi) is 6.72. The molecule has 0 fully saturated rings. The van der Waals surface area contributed by atoms with Crippen molar-refractivity contribution >= 4 is 17.5 Å². The predicted octanol–water partition coefficient (Wildman–Crippen LogP) is 1.78. The molecule has 0 bridgehead atoms. The molecule has 18 heavy (non-hydrogen) atoms. The zero-order valence-corrected chi connectivity index (χ0v) is 11.2. The molecule has 0 saturated heterocycles. The number of hydrogen-bond donors (Lipinski definition) is 2. The highest BCUT2D eigenvalue weighted by Gasteiger charge is 2.06. The predicted molar refractivity (Wildman–Crippen MR) is 71.0 cm³/mol. The number of aliphatic hydroxyl groups excluding tert-OH is 1. The molecular formula is C13H18ClNO3. The number of aliphatic hydroxyl groups is 1. The number of amides is 1. The molecule has 0 radical (unpaired) electrons. The van der Waals surface area contributed by atoms with Gasteiger partial charge in [0, 0.05) is 23.7 Å². The smallest absolute Gasteiger partial charge is 0.251 e. The van der Waals surface area contributed by atoms with Crippen molar-refractivity contribution in [2.75, 3.05) is 26.4 Å². The van der Waals surface area contributed by atoms with Crippen molar-refractivity contribution < 1.29 is 14.6 Å². The number of carbonyl (C=O) groups excluding carboxylic acids is 1. The van der Waals surface area contributed by atoms with E-state index in [9.17, 15) is 4.79 Å². The number of halogens is 1. The summed E-state index contributed by atoms with van der Waals surface area (Å²) in [4.78, 5) is 11.7. The number of hydrogen-bond acceptors (Lipinski definition) is 3. The van der Waals surface area contributed by atoms with Gasteiger partial charge in [-0.1, -0.05) is 17.7 Å². The van der Waals surface area contributed by atoms with E-state index in [-0.39, 0.29) is 12.5 Å². The summed E-state index contributed by atoms with van der Waals surface area (Å²) in [7, 11) is 0. The van der Waals surface area contributed by atoms with Crippen molar-refractivity contribution in [3.05, 3.63) is 34.3 Å². The van der Waals surface area contributed by atoms with Gasteiger partial charge in [0.2, 0.25) is 0 Å². The Labute approximate surface area is 112 Å². The molecule has 0 saturated carbocycles. The number of ether oxygens (including phenoxy) is 1. The first-order valence-electron chi connectivity index (χ1n) is 5.88. The van der Waals surface area contributed by atoms with Crippen molar-refractivity contribution in [3.8, 4) is 0 Å². The molecule has 0 atom stereocenters. The van der Waals surface area contributed by atoms with Crippen LogP contribution in [-0.2, 0) is 4.74 Å². The lowest BCUT2D eigenvalue weighted by Crippen LogP contribution is -2.25. The Morgan fingerprint density at radius 1 is 1.44 bits per heavy atom. The molecule has 100 valence electrons. The van der Waals surface area contributed by atoms with Crippen LogP contribution in [0.5, 0.6) is 0 Å². The molecular weight excluding hydrogens is 254 g/mol. The summed E-state index contributed by atoms with van der Waals surface area (Å²) >= 11 is 5.95. The van der Waals surface area contributed by atoms with Crippen molar-refractivity contribution in [2.45, 2.75) is 13.3 Å². The van der Waals surface area contributed by atoms with Gasteiger partial charge in [0.05, 0.1) is 13.2 Å². The van der Waals surface area contributed by atoms with Crippen LogP contribution in [0, 0.1) is 6.92 Å². The van der Waals surface area contributed by atoms with Crippen LogP contribution in [0.2, 0.25) is 5.02 Å². The fourth-order valence-electron chi connectivity index (χ4n) is 1.38. The second-order valence-corrected chi connectivity index (χ2v) is 4.32. The normalized spacial score (nSPS) is 10.4. The number of carbonyl (C=O) groups is 1. The molecule has 0 spiro atoms. The van der Waals surface area contributed by atoms with E-state index in [4.69, 9.17) is 21.4 Å². The van der Waals surface area contributed by atoms with Crippen LogP contribution in [0.3, 0.4) is 0 Å². The maximum Gasteiger partial charge on any atom is 0.251 e. The molecule has 4 nitrogen and oxygen atoms in total. The molecule has 2 N–H and O–H groups in total. The molecule has 0 heterocycles. The van der Waals surface area contributed by atoms with Crippen LogP contribution in [0.1, 0.15) is 22.3 Å². The lowest BCUT2D eigenvalue weighted by atomic mass is 10.1. The third-order valence-electron chi connectivity index (χ3n) is 2.42. The van der Waals surface area contributed by atoms with Gasteiger partial charge in [0.1, 0.15) is 0 Å². The zero-order valence-electron chi connectivity index (χ0n) is 10.4. The number of aryl methyl sites for hydroxylation is 1. The molecule has 0 aromatic heterocycles. The Morgan fingerprint density at radius 3 is 2.89 bits per heavy atom. The minimum absolute atomic E-state index is 0.0220. The van der Waals surface area contributed by atoms with Gasteiger partial charge >= 0.3 is 0 Å². The quantitative estimate of drug-likeness (QED) is 0.743. The summed E-state index contributed by atoms with van der Waals surface area (Å²) in [6, 6.07) is 5.23. The first kappa shape index (κ1) is 15.0. The average Bonchev–Trinajstić information content (AvgIpc) is 2.36. The van der Waals surface area contributed by atoms with Crippen LogP contribution in [-0.4, -0.2) is 37.4 Å². The van der Waals surface area contributed by atoms with E-state index in [1.165, 1.54) is 0 Å². The van der Waals surface area contributed by atoms with Gasteiger partial charge in [-0.2, -0.15) is 0 Å². The highest BCUT2D eigenvalue weighted by molar-refractivity contribution is 6.31. The molecule has 0 aliphatic heterocycles. The highest BCUT2D eigenvalue weighted by atomic mass is 35.5. The van der Waals surface area contributed by atoms with E-state index in [1.54, 1.807) is 12.1 Å². The fraction of sp³-hybridized carbons (Fsp3) is 0.462. The maximum atomic E-state index is 11.7. The molecule has 0 aliphatic rings. The first-order chi connectivity index (χ1) is 8.65. The monoisotopic (exact) mass is 271 g/mol. The molecule has 5 heteroatoms. The Hall–Kier alpha value is -1.10. The van der Waals surface area contributed by atoms with Crippen LogP contribution in [0.4, 0.5) is 0 Å². The van der Waals surface area contributed by atoms with E-state index in [0.29, 0.717) is 36.8 Å². The van der Waals surface area contributed by atoms with Gasteiger partial charge in [0.25, 0.3) is 5.91 Å². The fourth-order valence-corrected chi connectivity index (χ4v) is 1.56. The summed E-state index contributed by atoms with van der Waals surface area (Å²) in [5, 5.41) is 11.9. The first-order valence-corrected chi connectivity index (χ1v) is 6.26. The van der Waals surface area contributed by atoms with Gasteiger partial charge in [-0.15, -0.1) is 0 Å². The summed E-state index contributed by atoms with van der Waals surface area (Å²) in [5.41, 5.74) is 1.51. The maximum absolute atomic E-state index is 11.7. The third kappa shape index (κ3) is 5.04. The average molecular weight is 272 g/mol. The molecule has 0 aliphatic carbocycles. The third-order valence-corrected chi connectivity index (χ3v) is 2.83. The summed E-state index contributed by atoms with van der Waals surface area (Å²) in [6.45, 7) is 3.31. The largest absolute Gasteiger partial charge is 0.394 e. The van der Waals surface area contributed by atoms with Gasteiger partial charge < -0.3 is 15.2 Å². The lowest BCUT2D eigenvalue weighted by molar-refractivity contribution is 0.0867. The SMILES string of the molecule is Cc1ccc(C(=O)NCCCOCCO)cc1Cl. The molecule has 1 amide bonds. The Morgan fingerprint density at radius 2 is 2.22 bits per heavy atom. The van der Waals surface area contributed by atoms with E-state index in [2.05, 4.69) is 5.32 Å². The Bertz CT molecular complexity index is 396. The second-order valence-electron chi connectivity index (χ2n) is 3.91. The zero-order chi connectivity index (χ0) is 13.4. The van der Waals surface area contributed by atoms with E-state index in [0.717, 1.165) is 5.56 Å². The summed E-state index contributed by atoms with van der Waals surface area (Å²) < 4.78 is 5.08. The molecule has 1 aromatic rings. The minimum atomic E-state index is -0.140. The van der Waals surface area contributed by atoms with Crippen molar-refractivity contribution in [3.63, 3.8) is 0 Å². The second kappa shape index (κ2) is 8.08. The topological polar surface area (TPSA) is 58.6 Å². The van der Waals surface area contributed by atoms with Crippen LogP contribution < -0.4 is 5.32 Å². The molecule has 0 unspecified atom stereocenters. The summed E-state index contributed by atoms with van der Waals surface area (Å²) in [6.07, 6.45) is 0.714. The minimum Gasteiger partial charge on any atom is -0.394 e. The van der Waals surface area contributed by atoms with E-state index >= 15 is 0 Å². The molecule has 1 aromatic carbocycles. The summed E-state index contributed by atoms with van der Waals surface area (Å²) in [5.74, 6) is -0.140. The van der Waals surface area contributed by atoms with Crippen molar-refractivity contribution in [2.24, 2.45) is 0 Å².